The van der Waals surface area contributed by atoms with Gasteiger partial charge in [-0.2, -0.15) is 0 Å². The van der Waals surface area contributed by atoms with Crippen molar-refractivity contribution >= 4 is 5.96 Å². The number of benzene rings is 1. The van der Waals surface area contributed by atoms with Gasteiger partial charge in [-0.1, -0.05) is 31.0 Å². The first-order valence-corrected chi connectivity index (χ1v) is 9.55. The summed E-state index contributed by atoms with van der Waals surface area (Å²) in [5.74, 6) is 3.47. The van der Waals surface area contributed by atoms with Crippen LogP contribution in [0, 0.1) is 13.8 Å². The van der Waals surface area contributed by atoms with Crippen LogP contribution in [0.1, 0.15) is 42.5 Å². The zero-order chi connectivity index (χ0) is 19.6. The van der Waals surface area contributed by atoms with Crippen LogP contribution in [0.2, 0.25) is 0 Å². The van der Waals surface area contributed by atoms with Crippen molar-refractivity contribution in [2.45, 2.75) is 46.6 Å². The molecule has 27 heavy (non-hydrogen) atoms. The highest BCUT2D eigenvalue weighted by atomic mass is 16.5. The van der Waals surface area contributed by atoms with E-state index in [0.717, 1.165) is 55.7 Å². The second-order valence-electron chi connectivity index (χ2n) is 6.66. The van der Waals surface area contributed by atoms with Crippen LogP contribution in [0.25, 0.3) is 0 Å². The molecule has 0 saturated carbocycles. The zero-order valence-electron chi connectivity index (χ0n) is 17.2. The van der Waals surface area contributed by atoms with Gasteiger partial charge in [-0.05, 0) is 38.3 Å². The average molecular weight is 373 g/mol. The Hall–Kier alpha value is -2.57. The predicted octanol–water partition coefficient (Wildman–Crippen LogP) is 2.52. The number of unbranched alkanes of at least 4 members (excludes halogenated alkanes) is 1. The fourth-order valence-electron chi connectivity index (χ4n) is 2.71. The van der Waals surface area contributed by atoms with Gasteiger partial charge in [0.2, 0.25) is 0 Å². The Morgan fingerprint density at radius 3 is 2.63 bits per heavy atom. The summed E-state index contributed by atoms with van der Waals surface area (Å²) in [6, 6.07) is 6.26. The Morgan fingerprint density at radius 2 is 1.96 bits per heavy atom. The Balaban J connectivity index is 1.98. The van der Waals surface area contributed by atoms with Gasteiger partial charge >= 0.3 is 0 Å². The van der Waals surface area contributed by atoms with Crippen molar-refractivity contribution in [2.75, 3.05) is 20.2 Å². The molecule has 1 aromatic heterocycles. The molecule has 0 aliphatic heterocycles. The van der Waals surface area contributed by atoms with Gasteiger partial charge in [-0.25, -0.2) is 4.99 Å². The summed E-state index contributed by atoms with van der Waals surface area (Å²) in [5.41, 5.74) is 2.43. The molecule has 2 rings (SSSR count). The van der Waals surface area contributed by atoms with Gasteiger partial charge in [0.05, 0.1) is 7.11 Å². The van der Waals surface area contributed by atoms with Crippen molar-refractivity contribution in [3.05, 3.63) is 41.0 Å². The lowest BCUT2D eigenvalue weighted by molar-refractivity contribution is 0.409. The van der Waals surface area contributed by atoms with Gasteiger partial charge in [0.1, 0.15) is 18.1 Å². The number of methoxy groups -OCH3 is 1. The molecule has 1 aromatic carbocycles. The largest absolute Gasteiger partial charge is 0.496 e. The molecule has 0 spiro atoms. The fourth-order valence-corrected chi connectivity index (χ4v) is 2.71. The molecule has 2 aromatic rings. The van der Waals surface area contributed by atoms with Crippen molar-refractivity contribution in [2.24, 2.45) is 12.0 Å². The molecule has 0 radical (unpaired) electrons. The number of guanidine groups is 1. The maximum absolute atomic E-state index is 5.47. The van der Waals surface area contributed by atoms with Crippen molar-refractivity contribution < 1.29 is 4.74 Å². The molecule has 0 bridgehead atoms. The summed E-state index contributed by atoms with van der Waals surface area (Å²) in [4.78, 5) is 4.67. The van der Waals surface area contributed by atoms with Gasteiger partial charge < -0.3 is 19.9 Å². The van der Waals surface area contributed by atoms with Crippen molar-refractivity contribution in [3.8, 4) is 5.75 Å². The van der Waals surface area contributed by atoms with Crippen LogP contribution in [-0.4, -0.2) is 40.9 Å². The van der Waals surface area contributed by atoms with Gasteiger partial charge in [-0.3, -0.25) is 0 Å². The number of aryl methyl sites for hydroxylation is 2. The Bertz CT molecular complexity index is 753. The van der Waals surface area contributed by atoms with E-state index in [1.54, 1.807) is 7.11 Å². The molecular weight excluding hydrogens is 340 g/mol. The van der Waals surface area contributed by atoms with Crippen LogP contribution in [-0.2, 0) is 20.0 Å². The van der Waals surface area contributed by atoms with Crippen LogP contribution >= 0.6 is 0 Å². The van der Waals surface area contributed by atoms with E-state index in [1.165, 1.54) is 11.1 Å². The lowest BCUT2D eigenvalue weighted by Gasteiger charge is -2.14. The second-order valence-corrected chi connectivity index (χ2v) is 6.66. The highest BCUT2D eigenvalue weighted by Gasteiger charge is 2.07. The van der Waals surface area contributed by atoms with Gasteiger partial charge in [0.25, 0.3) is 0 Å². The average Bonchev–Trinajstić information content (AvgIpc) is 2.98. The topological polar surface area (TPSA) is 76.4 Å². The third kappa shape index (κ3) is 6.27. The maximum atomic E-state index is 5.47. The molecule has 7 heteroatoms. The maximum Gasteiger partial charge on any atom is 0.191 e. The third-order valence-electron chi connectivity index (χ3n) is 4.51. The summed E-state index contributed by atoms with van der Waals surface area (Å²) in [6.45, 7) is 8.38. The molecule has 0 unspecified atom stereocenters. The number of nitrogens with zero attached hydrogens (tertiary/aromatic N) is 4. The van der Waals surface area contributed by atoms with E-state index < -0.39 is 0 Å². The van der Waals surface area contributed by atoms with Crippen LogP contribution in [0.4, 0.5) is 0 Å². The monoisotopic (exact) mass is 372 g/mol. The van der Waals surface area contributed by atoms with E-state index in [4.69, 9.17) is 4.74 Å². The van der Waals surface area contributed by atoms with E-state index in [-0.39, 0.29) is 0 Å². The minimum Gasteiger partial charge on any atom is -0.496 e. The molecule has 0 saturated heterocycles. The summed E-state index contributed by atoms with van der Waals surface area (Å²) in [5, 5.41) is 15.1. The third-order valence-corrected chi connectivity index (χ3v) is 4.51. The number of aliphatic imine (C=N–C) groups is 1. The molecule has 0 aliphatic carbocycles. The summed E-state index contributed by atoms with van der Waals surface area (Å²) in [7, 11) is 3.67. The highest BCUT2D eigenvalue weighted by molar-refractivity contribution is 5.79. The van der Waals surface area contributed by atoms with Crippen LogP contribution in [0.3, 0.4) is 0 Å². The Labute approximate surface area is 162 Å². The number of rotatable bonds is 9. The SMILES string of the molecule is CCCCNC(=NCc1nnc(C)n1C)NCCc1cc(C)ccc1OC. The lowest BCUT2D eigenvalue weighted by Crippen LogP contribution is -2.39. The lowest BCUT2D eigenvalue weighted by atomic mass is 10.1. The second kappa shape index (κ2) is 10.5. The number of ether oxygens (including phenoxy) is 1. The minimum absolute atomic E-state index is 0.493. The first-order chi connectivity index (χ1) is 13.0. The van der Waals surface area contributed by atoms with Crippen molar-refractivity contribution in [1.29, 1.82) is 0 Å². The smallest absolute Gasteiger partial charge is 0.191 e. The molecule has 0 fully saturated rings. The van der Waals surface area contributed by atoms with E-state index in [1.807, 2.05) is 24.6 Å². The predicted molar refractivity (Wildman–Crippen MR) is 109 cm³/mol. The Morgan fingerprint density at radius 1 is 1.19 bits per heavy atom. The standard InChI is InChI=1S/C20H32N6O/c1-6-7-11-21-20(23-14-19-25-24-16(3)26(19)4)22-12-10-17-13-15(2)8-9-18(17)27-5/h8-9,13H,6-7,10-12,14H2,1-5H3,(H2,21,22,23). The quantitative estimate of drug-likeness (QED) is 0.402. The van der Waals surface area contributed by atoms with E-state index in [2.05, 4.69) is 51.8 Å². The molecule has 148 valence electrons. The van der Waals surface area contributed by atoms with E-state index in [0.29, 0.717) is 6.54 Å². The summed E-state index contributed by atoms with van der Waals surface area (Å²) < 4.78 is 7.43. The number of aromatic nitrogens is 3. The zero-order valence-corrected chi connectivity index (χ0v) is 17.2. The van der Waals surface area contributed by atoms with Gasteiger partial charge in [0, 0.05) is 20.1 Å². The minimum atomic E-state index is 0.493. The molecule has 1 heterocycles. The van der Waals surface area contributed by atoms with Gasteiger partial charge in [-0.15, -0.1) is 10.2 Å². The molecule has 7 nitrogen and oxygen atoms in total. The summed E-state index contributed by atoms with van der Waals surface area (Å²) in [6.07, 6.45) is 3.11. The Kier molecular flexibility index (Phi) is 8.10. The first-order valence-electron chi connectivity index (χ1n) is 9.55. The van der Waals surface area contributed by atoms with Crippen molar-refractivity contribution in [3.63, 3.8) is 0 Å². The summed E-state index contributed by atoms with van der Waals surface area (Å²) >= 11 is 0. The van der Waals surface area contributed by atoms with Crippen LogP contribution in [0.15, 0.2) is 23.2 Å². The first kappa shape index (κ1) is 20.7. The van der Waals surface area contributed by atoms with Crippen LogP contribution in [0.5, 0.6) is 5.75 Å². The molecular formula is C20H32N6O. The van der Waals surface area contributed by atoms with E-state index >= 15 is 0 Å². The molecule has 0 amide bonds. The number of hydrogen-bond donors (Lipinski definition) is 2. The fraction of sp³-hybridized carbons (Fsp3) is 0.550. The highest BCUT2D eigenvalue weighted by Crippen LogP contribution is 2.19. The number of nitrogens with one attached hydrogen (secondary N) is 2. The van der Waals surface area contributed by atoms with Crippen molar-refractivity contribution in [1.82, 2.24) is 25.4 Å². The normalized spacial score (nSPS) is 11.5. The van der Waals surface area contributed by atoms with E-state index in [9.17, 15) is 0 Å². The molecule has 0 atom stereocenters. The molecule has 2 N–H and O–H groups in total. The van der Waals surface area contributed by atoms with Crippen LogP contribution < -0.4 is 15.4 Å². The molecule has 0 aliphatic rings. The van der Waals surface area contributed by atoms with Gasteiger partial charge in [0.15, 0.2) is 11.8 Å². The number of hydrogen-bond acceptors (Lipinski definition) is 4.